The molecule has 2 aromatic rings. The zero-order chi connectivity index (χ0) is 26.0. The first kappa shape index (κ1) is 27.9. The Morgan fingerprint density at radius 2 is 1.91 bits per heavy atom. The number of hydroxylamine groups is 1. The molecule has 190 valence electrons. The molecule has 1 heterocycles. The number of nitrogens with one attached hydrogen (secondary N) is 2. The van der Waals surface area contributed by atoms with Crippen molar-refractivity contribution >= 4 is 23.7 Å². The summed E-state index contributed by atoms with van der Waals surface area (Å²) in [5, 5.41) is 13.9. The third-order valence-corrected chi connectivity index (χ3v) is 6.08. The van der Waals surface area contributed by atoms with Crippen molar-refractivity contribution in [3.05, 3.63) is 59.9 Å². The van der Waals surface area contributed by atoms with Crippen molar-refractivity contribution in [1.82, 2.24) is 20.7 Å². The summed E-state index contributed by atoms with van der Waals surface area (Å²) in [6.07, 6.45) is 8.07. The molecule has 3 atom stereocenters. The van der Waals surface area contributed by atoms with E-state index >= 15 is 0 Å². The Balaban J connectivity index is 2.62. The normalized spacial score (nSPS) is 14.9. The number of hydrogen-bond donors (Lipinski definition) is 4. The highest BCUT2D eigenvalue weighted by Gasteiger charge is 2.51. The molecule has 0 bridgehead atoms. The van der Waals surface area contributed by atoms with E-state index in [9.17, 15) is 19.6 Å². The summed E-state index contributed by atoms with van der Waals surface area (Å²) in [6.45, 7) is 7.56. The number of nitrogens with two attached hydrogens (primary N) is 1. The van der Waals surface area contributed by atoms with Gasteiger partial charge >= 0.3 is 0 Å². The molecule has 2 rings (SSSR count). The molecular weight excluding hydrogens is 446 g/mol. The van der Waals surface area contributed by atoms with Gasteiger partial charge in [0.25, 0.3) is 0 Å². The van der Waals surface area contributed by atoms with E-state index in [1.54, 1.807) is 23.9 Å². The Labute approximate surface area is 206 Å². The minimum atomic E-state index is -1.46. The Hall–Kier alpha value is -3.30. The van der Waals surface area contributed by atoms with Crippen molar-refractivity contribution in [3.8, 4) is 0 Å². The van der Waals surface area contributed by atoms with Gasteiger partial charge in [-0.2, -0.15) is 5.10 Å². The van der Waals surface area contributed by atoms with E-state index in [-0.39, 0.29) is 25.2 Å². The number of hydrogen-bond acceptors (Lipinski definition) is 6. The molecule has 9 heteroatoms. The predicted octanol–water partition coefficient (Wildman–Crippen LogP) is 3.35. The highest BCUT2D eigenvalue weighted by atomic mass is 16.5. The van der Waals surface area contributed by atoms with Gasteiger partial charge in [-0.1, -0.05) is 69.7 Å². The molecule has 1 unspecified atom stereocenters. The molecule has 0 saturated carbocycles. The van der Waals surface area contributed by atoms with Crippen LogP contribution in [0.1, 0.15) is 63.6 Å². The van der Waals surface area contributed by atoms with Crippen LogP contribution < -0.4 is 16.7 Å². The number of ketones is 1. The summed E-state index contributed by atoms with van der Waals surface area (Å²) in [5.74, 6) is 2.74. The molecule has 9 nitrogen and oxygen atoms in total. The number of benzene rings is 1. The van der Waals surface area contributed by atoms with Crippen LogP contribution in [0.4, 0.5) is 0 Å². The monoisotopic (exact) mass is 483 g/mol. The van der Waals surface area contributed by atoms with E-state index in [0.29, 0.717) is 6.42 Å². The molecular formula is C26H37N5O4. The smallest absolute Gasteiger partial charge is 0.249 e. The first-order valence-corrected chi connectivity index (χ1v) is 11.9. The highest BCUT2D eigenvalue weighted by molar-refractivity contribution is 6.08. The average molecular weight is 484 g/mol. The van der Waals surface area contributed by atoms with Crippen molar-refractivity contribution in [2.24, 2.45) is 23.1 Å². The number of hydrazine groups is 1. The summed E-state index contributed by atoms with van der Waals surface area (Å²) in [4.78, 5) is 40.4. The largest absolute Gasteiger partial charge is 0.296 e. The fourth-order valence-electron chi connectivity index (χ4n) is 4.64. The van der Waals surface area contributed by atoms with Gasteiger partial charge in [-0.05, 0) is 43.2 Å². The third-order valence-electron chi connectivity index (χ3n) is 6.08. The predicted molar refractivity (Wildman–Crippen MR) is 134 cm³/mol. The number of allylic oxidation sites excluding steroid dienone is 1. The maximum Gasteiger partial charge on any atom is 0.249 e. The Kier molecular flexibility index (Phi) is 10.4. The van der Waals surface area contributed by atoms with E-state index in [0.717, 1.165) is 11.1 Å². The highest BCUT2D eigenvalue weighted by Crippen LogP contribution is 2.40. The molecule has 0 fully saturated rings. The van der Waals surface area contributed by atoms with Gasteiger partial charge in [0.1, 0.15) is 11.5 Å². The van der Waals surface area contributed by atoms with Gasteiger partial charge in [-0.25, -0.2) is 11.3 Å². The second-order valence-electron chi connectivity index (χ2n) is 9.34. The fourth-order valence-corrected chi connectivity index (χ4v) is 4.64. The number of nitrogens with zero attached hydrogens (tertiary/aromatic N) is 2. The maximum atomic E-state index is 14.3. The van der Waals surface area contributed by atoms with Crippen molar-refractivity contribution < 1.29 is 19.6 Å². The van der Waals surface area contributed by atoms with E-state index in [4.69, 9.17) is 5.84 Å². The topological polar surface area (TPSA) is 139 Å². The molecule has 5 N–H and O–H groups in total. The van der Waals surface area contributed by atoms with E-state index in [1.807, 2.05) is 64.1 Å². The van der Waals surface area contributed by atoms with Crippen LogP contribution in [0.3, 0.4) is 0 Å². The summed E-state index contributed by atoms with van der Waals surface area (Å²) >= 11 is 0. The van der Waals surface area contributed by atoms with Crippen LogP contribution in [0.15, 0.2) is 48.8 Å². The van der Waals surface area contributed by atoms with Gasteiger partial charge in [0.15, 0.2) is 5.78 Å². The number of amides is 2. The van der Waals surface area contributed by atoms with Crippen LogP contribution >= 0.6 is 0 Å². The molecule has 2 amide bonds. The van der Waals surface area contributed by atoms with Gasteiger partial charge in [-0.3, -0.25) is 29.7 Å². The van der Waals surface area contributed by atoms with E-state index < -0.39 is 35.0 Å². The van der Waals surface area contributed by atoms with Crippen LogP contribution in [0.5, 0.6) is 0 Å². The Morgan fingerprint density at radius 3 is 2.43 bits per heavy atom. The number of Topliss-reactive ketones (excluding diaryl/α,β-unsaturated/α-hetero) is 1. The molecule has 0 aliphatic heterocycles. The van der Waals surface area contributed by atoms with Crippen LogP contribution in [-0.2, 0) is 14.4 Å². The Morgan fingerprint density at radius 1 is 1.23 bits per heavy atom. The van der Waals surface area contributed by atoms with E-state index in [2.05, 4.69) is 10.5 Å². The number of aryl methyl sites for hydroxylation is 1. The van der Waals surface area contributed by atoms with Crippen molar-refractivity contribution in [3.63, 3.8) is 0 Å². The van der Waals surface area contributed by atoms with Gasteiger partial charge < -0.3 is 0 Å². The van der Waals surface area contributed by atoms with Gasteiger partial charge in [-0.15, -0.1) is 0 Å². The molecule has 1 aromatic heterocycles. The number of aromatic nitrogens is 2. The first-order valence-electron chi connectivity index (χ1n) is 11.9. The zero-order valence-corrected chi connectivity index (χ0v) is 20.9. The molecule has 35 heavy (non-hydrogen) atoms. The molecule has 0 spiro atoms. The van der Waals surface area contributed by atoms with Crippen LogP contribution in [-0.4, -0.2) is 32.6 Å². The lowest BCUT2D eigenvalue weighted by molar-refractivity contribution is -0.151. The molecule has 0 saturated heterocycles. The number of rotatable bonds is 13. The first-order chi connectivity index (χ1) is 16.7. The van der Waals surface area contributed by atoms with Crippen molar-refractivity contribution in [2.45, 2.75) is 59.4 Å². The summed E-state index contributed by atoms with van der Waals surface area (Å²) < 4.78 is 1.42. The number of carbonyl (C=O) groups is 3. The summed E-state index contributed by atoms with van der Waals surface area (Å²) in [7, 11) is 0. The second kappa shape index (κ2) is 13.0. The van der Waals surface area contributed by atoms with Gasteiger partial charge in [0.05, 0.1) is 12.1 Å². The lowest BCUT2D eigenvalue weighted by Crippen LogP contribution is -2.54. The molecule has 0 radical (unpaired) electrons. The average Bonchev–Trinajstić information content (AvgIpc) is 3.27. The second-order valence-corrected chi connectivity index (χ2v) is 9.34. The van der Waals surface area contributed by atoms with Gasteiger partial charge in [0.2, 0.25) is 11.8 Å². The minimum absolute atomic E-state index is 0.00547. The van der Waals surface area contributed by atoms with Crippen LogP contribution in [0, 0.1) is 24.2 Å². The van der Waals surface area contributed by atoms with Crippen LogP contribution in [0.25, 0.3) is 6.08 Å². The maximum absolute atomic E-state index is 14.3. The summed E-state index contributed by atoms with van der Waals surface area (Å²) in [5.41, 5.74) is 4.14. The fraction of sp³-hybridized carbons (Fsp3) is 0.462. The lowest BCUT2D eigenvalue weighted by Gasteiger charge is -2.36. The minimum Gasteiger partial charge on any atom is -0.296 e. The standard InChI is InChI=1S/C26H37N5O4/c1-5-14-26(15-18(2)3,25(34)29-27)23(32)22(31-17-19(4)16-28-31)21(24(33)30-35)13-9-12-20-10-7-6-8-11-20/h6-12,16-18,21-22,35H,5,13-15,27H2,1-4H3,(H,29,34)(H,30,33)/b12-9+/t21-,22+,26?/m0/s1. The lowest BCUT2D eigenvalue weighted by atomic mass is 9.68. The Bertz CT molecular complexity index is 1020. The third kappa shape index (κ3) is 6.86. The zero-order valence-electron chi connectivity index (χ0n) is 20.9. The van der Waals surface area contributed by atoms with Crippen molar-refractivity contribution in [2.75, 3.05) is 0 Å². The summed E-state index contributed by atoms with van der Waals surface area (Å²) in [6, 6.07) is 8.38. The van der Waals surface area contributed by atoms with Crippen LogP contribution in [0.2, 0.25) is 0 Å². The molecule has 1 aromatic carbocycles. The van der Waals surface area contributed by atoms with E-state index in [1.165, 1.54) is 4.68 Å². The SMILES string of the molecule is CCCC(CC(C)C)(C(=O)NN)C(=O)[C@@H]([C@H](C/C=C/c1ccccc1)C(=O)NO)n1cc(C)cn1. The molecule has 0 aliphatic rings. The quantitative estimate of drug-likeness (QED) is 0.113. The number of carbonyl (C=O) groups excluding carboxylic acids is 3. The van der Waals surface area contributed by atoms with Crippen molar-refractivity contribution in [1.29, 1.82) is 0 Å². The van der Waals surface area contributed by atoms with Gasteiger partial charge in [0, 0.05) is 6.20 Å². The molecule has 0 aliphatic carbocycles.